The van der Waals surface area contributed by atoms with Crippen molar-refractivity contribution in [1.82, 2.24) is 20.6 Å². The molecule has 190 valence electrons. The molecule has 8 nitrogen and oxygen atoms in total. The number of hydrogen-bond acceptors (Lipinski definition) is 5. The first kappa shape index (κ1) is 25.8. The summed E-state index contributed by atoms with van der Waals surface area (Å²) >= 11 is 0. The summed E-state index contributed by atoms with van der Waals surface area (Å²) in [6.45, 7) is 2.52. The third-order valence-electron chi connectivity index (χ3n) is 6.33. The number of anilines is 1. The van der Waals surface area contributed by atoms with Gasteiger partial charge < -0.3 is 10.0 Å². The van der Waals surface area contributed by atoms with Crippen LogP contribution in [0.25, 0.3) is 22.5 Å². The number of carboxylic acid groups (broad SMARTS) is 1. The minimum absolute atomic E-state index is 0.00808. The van der Waals surface area contributed by atoms with Crippen molar-refractivity contribution in [1.29, 1.82) is 0 Å². The van der Waals surface area contributed by atoms with Gasteiger partial charge in [0.05, 0.1) is 12.1 Å². The first-order chi connectivity index (χ1) is 18.1. The zero-order chi connectivity index (χ0) is 26.0. The Morgan fingerprint density at radius 3 is 2.35 bits per heavy atom. The summed E-state index contributed by atoms with van der Waals surface area (Å²) < 4.78 is 0. The molecule has 0 aliphatic carbocycles. The predicted molar refractivity (Wildman–Crippen MR) is 143 cm³/mol. The van der Waals surface area contributed by atoms with Crippen LogP contribution < -0.4 is 4.90 Å². The van der Waals surface area contributed by atoms with E-state index in [1.165, 1.54) is 12.5 Å². The van der Waals surface area contributed by atoms with Gasteiger partial charge in [0, 0.05) is 17.7 Å². The van der Waals surface area contributed by atoms with Gasteiger partial charge in [0.15, 0.2) is 5.82 Å². The molecule has 1 aromatic heterocycles. The molecule has 0 atom stereocenters. The molecule has 0 fully saturated rings. The van der Waals surface area contributed by atoms with Crippen LogP contribution in [0.15, 0.2) is 72.8 Å². The minimum atomic E-state index is -1.02. The molecule has 0 saturated carbocycles. The fourth-order valence-electron chi connectivity index (χ4n) is 4.33. The average molecular weight is 498 g/mol. The highest BCUT2D eigenvalue weighted by Crippen LogP contribution is 2.30. The van der Waals surface area contributed by atoms with Gasteiger partial charge in [-0.2, -0.15) is 0 Å². The summed E-state index contributed by atoms with van der Waals surface area (Å²) in [5.41, 5.74) is 4.57. The molecule has 0 aliphatic heterocycles. The third-order valence-corrected chi connectivity index (χ3v) is 6.33. The molecule has 37 heavy (non-hydrogen) atoms. The fourth-order valence-corrected chi connectivity index (χ4v) is 4.33. The van der Waals surface area contributed by atoms with E-state index in [4.69, 9.17) is 0 Å². The number of carbonyl (C=O) groups excluding carboxylic acids is 1. The molecule has 1 heterocycles. The Kier molecular flexibility index (Phi) is 8.75. The van der Waals surface area contributed by atoms with Gasteiger partial charge in [-0.1, -0.05) is 87.2 Å². The molecule has 0 spiro atoms. The number of carbonyl (C=O) groups is 2. The Morgan fingerprint density at radius 1 is 0.892 bits per heavy atom. The number of aromatic nitrogens is 4. The van der Waals surface area contributed by atoms with Crippen molar-refractivity contribution in [2.75, 3.05) is 4.90 Å². The van der Waals surface area contributed by atoms with Gasteiger partial charge in [-0.05, 0) is 51.7 Å². The lowest BCUT2D eigenvalue weighted by Crippen LogP contribution is -2.30. The number of H-pyrrole nitrogens is 1. The number of amides is 1. The van der Waals surface area contributed by atoms with Crippen LogP contribution >= 0.6 is 0 Å². The van der Waals surface area contributed by atoms with Gasteiger partial charge >= 0.3 is 5.97 Å². The van der Waals surface area contributed by atoms with Gasteiger partial charge in [-0.25, -0.2) is 9.89 Å². The normalized spacial score (nSPS) is 10.8. The highest BCUT2D eigenvalue weighted by atomic mass is 16.4. The van der Waals surface area contributed by atoms with Crippen molar-refractivity contribution in [2.45, 2.75) is 52.0 Å². The van der Waals surface area contributed by atoms with Gasteiger partial charge in [-0.15, -0.1) is 5.10 Å². The van der Waals surface area contributed by atoms with Gasteiger partial charge in [0.1, 0.15) is 0 Å². The van der Waals surface area contributed by atoms with Crippen LogP contribution in [0.3, 0.4) is 0 Å². The Labute approximate surface area is 216 Å². The van der Waals surface area contributed by atoms with Crippen LogP contribution in [0.4, 0.5) is 5.69 Å². The van der Waals surface area contributed by atoms with Crippen molar-refractivity contribution < 1.29 is 14.7 Å². The topological polar surface area (TPSA) is 112 Å². The SMILES string of the molecule is CCCCCCCC(=O)N(Cc1ccc(-c2ccccc2-c2nnn[nH]2)cc1)c1cccc(C(=O)O)c1. The molecule has 0 saturated heterocycles. The lowest BCUT2D eigenvalue weighted by atomic mass is 9.98. The third kappa shape index (κ3) is 6.67. The van der Waals surface area contributed by atoms with Crippen LogP contribution in [0.5, 0.6) is 0 Å². The van der Waals surface area contributed by atoms with Crippen molar-refractivity contribution in [3.8, 4) is 22.5 Å². The van der Waals surface area contributed by atoms with E-state index < -0.39 is 5.97 Å². The van der Waals surface area contributed by atoms with E-state index in [-0.39, 0.29) is 11.5 Å². The summed E-state index contributed by atoms with van der Waals surface area (Å²) in [6.07, 6.45) is 5.69. The lowest BCUT2D eigenvalue weighted by Gasteiger charge is -2.24. The number of benzene rings is 3. The van der Waals surface area contributed by atoms with E-state index in [2.05, 4.69) is 27.5 Å². The van der Waals surface area contributed by atoms with E-state index in [1.807, 2.05) is 48.5 Å². The second-order valence-corrected chi connectivity index (χ2v) is 8.99. The Morgan fingerprint density at radius 2 is 1.65 bits per heavy atom. The summed E-state index contributed by atoms with van der Waals surface area (Å²) in [6, 6.07) is 22.5. The first-order valence-corrected chi connectivity index (χ1v) is 12.6. The van der Waals surface area contributed by atoms with Crippen molar-refractivity contribution in [3.63, 3.8) is 0 Å². The molecule has 0 unspecified atom stereocenters. The molecular formula is C29H31N5O3. The molecule has 4 aromatic rings. The number of rotatable bonds is 12. The quantitative estimate of drug-likeness (QED) is 0.228. The smallest absolute Gasteiger partial charge is 0.335 e. The lowest BCUT2D eigenvalue weighted by molar-refractivity contribution is -0.118. The average Bonchev–Trinajstić information content (AvgIpc) is 3.47. The van der Waals surface area contributed by atoms with E-state index in [0.29, 0.717) is 24.5 Å². The second kappa shape index (κ2) is 12.6. The molecule has 8 heteroatoms. The van der Waals surface area contributed by atoms with Crippen LogP contribution in [0.2, 0.25) is 0 Å². The maximum Gasteiger partial charge on any atom is 0.335 e. The molecule has 1 amide bonds. The highest BCUT2D eigenvalue weighted by Gasteiger charge is 2.18. The number of nitrogens with zero attached hydrogens (tertiary/aromatic N) is 4. The molecular weight excluding hydrogens is 466 g/mol. The zero-order valence-corrected chi connectivity index (χ0v) is 20.9. The van der Waals surface area contributed by atoms with E-state index >= 15 is 0 Å². The van der Waals surface area contributed by atoms with E-state index in [0.717, 1.165) is 47.9 Å². The Bertz CT molecular complexity index is 1320. The molecule has 4 rings (SSSR count). The largest absolute Gasteiger partial charge is 0.478 e. The summed E-state index contributed by atoms with van der Waals surface area (Å²) in [5, 5.41) is 23.7. The number of tetrazole rings is 1. The van der Waals surface area contributed by atoms with Gasteiger partial charge in [0.25, 0.3) is 0 Å². The van der Waals surface area contributed by atoms with Gasteiger partial charge in [0.2, 0.25) is 5.91 Å². The molecule has 2 N–H and O–H groups in total. The van der Waals surface area contributed by atoms with E-state index in [9.17, 15) is 14.7 Å². The maximum absolute atomic E-state index is 13.3. The number of carboxylic acids is 1. The van der Waals surface area contributed by atoms with Crippen LogP contribution in [-0.4, -0.2) is 37.6 Å². The highest BCUT2D eigenvalue weighted by molar-refractivity contribution is 5.95. The maximum atomic E-state index is 13.3. The fraction of sp³-hybridized carbons (Fsp3) is 0.276. The number of nitrogens with one attached hydrogen (secondary N) is 1. The number of aromatic amines is 1. The monoisotopic (exact) mass is 497 g/mol. The van der Waals surface area contributed by atoms with Crippen molar-refractivity contribution in [2.24, 2.45) is 0 Å². The summed E-state index contributed by atoms with van der Waals surface area (Å²) in [4.78, 5) is 26.5. The summed E-state index contributed by atoms with van der Waals surface area (Å²) in [5.74, 6) is -0.432. The zero-order valence-electron chi connectivity index (χ0n) is 20.9. The van der Waals surface area contributed by atoms with Crippen molar-refractivity contribution >= 4 is 17.6 Å². The molecule has 3 aromatic carbocycles. The number of hydrogen-bond donors (Lipinski definition) is 2. The first-order valence-electron chi connectivity index (χ1n) is 12.6. The Hall–Kier alpha value is -4.33. The minimum Gasteiger partial charge on any atom is -0.478 e. The standard InChI is InChI=1S/C29H31N5O3/c1-2-3-4-5-6-14-27(35)34(24-11-9-10-23(19-24)29(36)37)20-21-15-17-22(18-16-21)25-12-7-8-13-26(25)28-30-32-33-31-28/h7-13,15-19H,2-6,14,20H2,1H3,(H,36,37)(H,30,31,32,33). The number of aromatic carboxylic acids is 1. The molecule has 0 bridgehead atoms. The number of unbranched alkanes of at least 4 members (excludes halogenated alkanes) is 4. The molecule has 0 radical (unpaired) electrons. The van der Waals surface area contributed by atoms with E-state index in [1.54, 1.807) is 23.1 Å². The van der Waals surface area contributed by atoms with Crippen LogP contribution in [0.1, 0.15) is 61.4 Å². The van der Waals surface area contributed by atoms with Crippen LogP contribution in [0, 0.1) is 0 Å². The van der Waals surface area contributed by atoms with Gasteiger partial charge in [-0.3, -0.25) is 4.79 Å². The second-order valence-electron chi connectivity index (χ2n) is 8.99. The predicted octanol–water partition coefficient (Wildman–Crippen LogP) is 6.13. The Balaban J connectivity index is 1.56. The van der Waals surface area contributed by atoms with Crippen molar-refractivity contribution in [3.05, 3.63) is 83.9 Å². The van der Waals surface area contributed by atoms with Crippen LogP contribution in [-0.2, 0) is 11.3 Å². The summed E-state index contributed by atoms with van der Waals surface area (Å²) in [7, 11) is 0. The molecule has 0 aliphatic rings.